The molecule has 5 nitrogen and oxygen atoms in total. The van der Waals surface area contributed by atoms with Gasteiger partial charge in [0.15, 0.2) is 0 Å². The molecule has 0 aromatic heterocycles. The van der Waals surface area contributed by atoms with E-state index in [9.17, 15) is 9.59 Å². The molecule has 2 heterocycles. The van der Waals surface area contributed by atoms with Crippen molar-refractivity contribution in [2.24, 2.45) is 0 Å². The van der Waals surface area contributed by atoms with E-state index >= 15 is 0 Å². The molecule has 0 bridgehead atoms. The van der Waals surface area contributed by atoms with Crippen LogP contribution in [-0.2, 0) is 17.8 Å². The van der Waals surface area contributed by atoms with Gasteiger partial charge in [-0.15, -0.1) is 12.4 Å². The van der Waals surface area contributed by atoms with E-state index in [1.54, 1.807) is 11.9 Å². The number of benzene rings is 3. The third kappa shape index (κ3) is 5.75. The van der Waals surface area contributed by atoms with E-state index in [2.05, 4.69) is 10.2 Å². The van der Waals surface area contributed by atoms with Gasteiger partial charge in [0.2, 0.25) is 5.91 Å². The van der Waals surface area contributed by atoms with Crippen molar-refractivity contribution in [2.75, 3.05) is 30.4 Å². The second kappa shape index (κ2) is 11.5. The summed E-state index contributed by atoms with van der Waals surface area (Å²) in [5.74, 6) is -0.0570. The molecule has 36 heavy (non-hydrogen) atoms. The van der Waals surface area contributed by atoms with Gasteiger partial charge < -0.3 is 10.2 Å². The number of rotatable bonds is 5. The Morgan fingerprint density at radius 3 is 2.44 bits per heavy atom. The predicted octanol–water partition coefficient (Wildman–Crippen LogP) is 6.58. The quantitative estimate of drug-likeness (QED) is 0.411. The van der Waals surface area contributed by atoms with Crippen molar-refractivity contribution < 1.29 is 9.59 Å². The molecule has 3 aromatic carbocycles. The minimum absolute atomic E-state index is 0. The number of amides is 2. The number of halogens is 2. The lowest BCUT2D eigenvalue weighted by atomic mass is 9.96. The number of nitrogens with one attached hydrogen (secondary N) is 1. The summed E-state index contributed by atoms with van der Waals surface area (Å²) in [7, 11) is 1.79. The van der Waals surface area contributed by atoms with Gasteiger partial charge in [-0.2, -0.15) is 0 Å². The maximum atomic E-state index is 13.2. The molecular formula is C29H31Cl2N3O2. The first-order valence-electron chi connectivity index (χ1n) is 12.3. The fourth-order valence-electron chi connectivity index (χ4n) is 5.05. The molecule has 188 valence electrons. The first kappa shape index (κ1) is 26.2. The van der Waals surface area contributed by atoms with Crippen LogP contribution < -0.4 is 10.2 Å². The smallest absolute Gasteiger partial charge is 0.255 e. The lowest BCUT2D eigenvalue weighted by molar-refractivity contribution is -0.118. The van der Waals surface area contributed by atoms with Gasteiger partial charge in [-0.05, 0) is 91.0 Å². The van der Waals surface area contributed by atoms with Gasteiger partial charge in [0, 0.05) is 42.0 Å². The Morgan fingerprint density at radius 2 is 1.69 bits per heavy atom. The van der Waals surface area contributed by atoms with Gasteiger partial charge >= 0.3 is 0 Å². The van der Waals surface area contributed by atoms with Crippen LogP contribution in [0.3, 0.4) is 0 Å². The van der Waals surface area contributed by atoms with Gasteiger partial charge in [0.05, 0.1) is 0 Å². The van der Waals surface area contributed by atoms with E-state index in [4.69, 9.17) is 11.6 Å². The highest BCUT2D eigenvalue weighted by atomic mass is 35.5. The van der Waals surface area contributed by atoms with Crippen molar-refractivity contribution in [1.82, 2.24) is 4.90 Å². The molecule has 2 aliphatic heterocycles. The van der Waals surface area contributed by atoms with Crippen molar-refractivity contribution in [3.63, 3.8) is 0 Å². The first-order chi connectivity index (χ1) is 17.0. The summed E-state index contributed by atoms with van der Waals surface area (Å²) in [5.41, 5.74) is 6.65. The summed E-state index contributed by atoms with van der Waals surface area (Å²) in [6.45, 7) is 2.97. The molecule has 3 aromatic rings. The number of nitrogens with zero attached hydrogens (tertiary/aromatic N) is 2. The monoisotopic (exact) mass is 523 g/mol. The van der Waals surface area contributed by atoms with Gasteiger partial charge in [-0.1, -0.05) is 42.3 Å². The molecule has 2 amide bonds. The highest BCUT2D eigenvalue weighted by Gasteiger charge is 2.22. The molecule has 0 aliphatic carbocycles. The largest absolute Gasteiger partial charge is 0.322 e. The number of hydrogen-bond acceptors (Lipinski definition) is 3. The van der Waals surface area contributed by atoms with Crippen LogP contribution in [0.4, 0.5) is 11.4 Å². The number of carbonyl (C=O) groups excluding carboxylic acids is 2. The third-order valence-electron chi connectivity index (χ3n) is 7.05. The number of likely N-dealkylation sites (tertiary alicyclic amines) is 1. The zero-order valence-electron chi connectivity index (χ0n) is 20.4. The highest BCUT2D eigenvalue weighted by Crippen LogP contribution is 2.31. The van der Waals surface area contributed by atoms with Crippen LogP contribution in [0.25, 0.3) is 11.1 Å². The van der Waals surface area contributed by atoms with Crippen LogP contribution >= 0.6 is 24.0 Å². The normalized spacial score (nSPS) is 15.7. The maximum Gasteiger partial charge on any atom is 0.255 e. The van der Waals surface area contributed by atoms with Crippen LogP contribution in [0.1, 0.15) is 47.2 Å². The number of anilines is 2. The van der Waals surface area contributed by atoms with Crippen molar-refractivity contribution >= 4 is 47.2 Å². The standard InChI is InChI=1S/C29H30ClN3O2.ClH/c1-32-27-18-25(12-7-21(27)9-14-28(32)34)31-29(35)22-8-13-26(20-5-10-24(30)11-6-20)23(17-22)19-33-15-3-2-4-16-33;/h5-8,10-13,17-18H,2-4,9,14-16,19H2,1H3,(H,31,35);1H. The third-order valence-corrected chi connectivity index (χ3v) is 7.30. The molecule has 0 saturated carbocycles. The van der Waals surface area contributed by atoms with Crippen LogP contribution in [-0.4, -0.2) is 36.9 Å². The van der Waals surface area contributed by atoms with Crippen LogP contribution in [0.2, 0.25) is 5.02 Å². The van der Waals surface area contributed by atoms with Crippen molar-refractivity contribution in [1.29, 1.82) is 0 Å². The minimum atomic E-state index is -0.155. The topological polar surface area (TPSA) is 52.7 Å². The average Bonchev–Trinajstić information content (AvgIpc) is 2.88. The Labute approximate surface area is 223 Å². The molecule has 7 heteroatoms. The lowest BCUT2D eigenvalue weighted by Crippen LogP contribution is -2.31. The van der Waals surface area contributed by atoms with E-state index in [1.807, 2.05) is 60.7 Å². The minimum Gasteiger partial charge on any atom is -0.322 e. The Kier molecular flexibility index (Phi) is 8.35. The zero-order valence-corrected chi connectivity index (χ0v) is 22.0. The summed E-state index contributed by atoms with van der Waals surface area (Å²) >= 11 is 6.12. The average molecular weight is 524 g/mol. The van der Waals surface area contributed by atoms with Gasteiger partial charge in [-0.25, -0.2) is 0 Å². The summed E-state index contributed by atoms with van der Waals surface area (Å²) in [6, 6.07) is 19.6. The van der Waals surface area contributed by atoms with Crippen molar-refractivity contribution in [3.05, 3.63) is 82.4 Å². The van der Waals surface area contributed by atoms with Gasteiger partial charge in [-0.3, -0.25) is 14.5 Å². The summed E-state index contributed by atoms with van der Waals surface area (Å²) in [5, 5.41) is 3.74. The Balaban J connectivity index is 0.00000304. The second-order valence-electron chi connectivity index (χ2n) is 9.47. The van der Waals surface area contributed by atoms with Crippen LogP contribution in [0.5, 0.6) is 0 Å². The van der Waals surface area contributed by atoms with E-state index in [0.29, 0.717) is 22.7 Å². The molecule has 5 rings (SSSR count). The Hall–Kier alpha value is -2.86. The fraction of sp³-hybridized carbons (Fsp3) is 0.310. The van der Waals surface area contributed by atoms with E-state index in [-0.39, 0.29) is 24.2 Å². The van der Waals surface area contributed by atoms with E-state index < -0.39 is 0 Å². The molecule has 0 spiro atoms. The molecule has 0 atom stereocenters. The Morgan fingerprint density at radius 1 is 0.944 bits per heavy atom. The molecule has 1 saturated heterocycles. The van der Waals surface area contributed by atoms with Gasteiger partial charge in [0.1, 0.15) is 0 Å². The summed E-state index contributed by atoms with van der Waals surface area (Å²) in [6.07, 6.45) is 4.97. The second-order valence-corrected chi connectivity index (χ2v) is 9.90. The molecule has 0 unspecified atom stereocenters. The SMILES string of the molecule is CN1C(=O)CCc2ccc(NC(=O)c3ccc(-c4ccc(Cl)cc4)c(CN4CCCCC4)c3)cc21.Cl. The highest BCUT2D eigenvalue weighted by molar-refractivity contribution is 6.30. The maximum absolute atomic E-state index is 13.2. The summed E-state index contributed by atoms with van der Waals surface area (Å²) < 4.78 is 0. The predicted molar refractivity (Wildman–Crippen MR) is 149 cm³/mol. The number of hydrogen-bond donors (Lipinski definition) is 1. The van der Waals surface area contributed by atoms with Gasteiger partial charge in [0.25, 0.3) is 5.91 Å². The first-order valence-corrected chi connectivity index (χ1v) is 12.7. The lowest BCUT2D eigenvalue weighted by Gasteiger charge is -2.27. The number of fused-ring (bicyclic) bond motifs is 1. The number of carbonyl (C=O) groups is 2. The summed E-state index contributed by atoms with van der Waals surface area (Å²) in [4.78, 5) is 29.5. The molecular weight excluding hydrogens is 493 g/mol. The number of piperidine rings is 1. The van der Waals surface area contributed by atoms with E-state index in [1.165, 1.54) is 19.3 Å². The molecule has 1 N–H and O–H groups in total. The number of aryl methyl sites for hydroxylation is 1. The van der Waals surface area contributed by atoms with Crippen molar-refractivity contribution in [3.8, 4) is 11.1 Å². The van der Waals surface area contributed by atoms with Crippen molar-refractivity contribution in [2.45, 2.75) is 38.6 Å². The van der Waals surface area contributed by atoms with Crippen LogP contribution in [0, 0.1) is 0 Å². The Bertz CT molecular complexity index is 1250. The zero-order chi connectivity index (χ0) is 24.4. The molecule has 0 radical (unpaired) electrons. The van der Waals surface area contributed by atoms with Crippen LogP contribution in [0.15, 0.2) is 60.7 Å². The van der Waals surface area contributed by atoms with E-state index in [0.717, 1.165) is 54.0 Å². The molecule has 1 fully saturated rings. The fourth-order valence-corrected chi connectivity index (χ4v) is 5.17. The molecule has 2 aliphatic rings.